The number of nitrogens with two attached hydrogens (primary N) is 1. The first-order chi connectivity index (χ1) is 12.1. The van der Waals surface area contributed by atoms with Crippen LogP contribution >= 0.6 is 0 Å². The van der Waals surface area contributed by atoms with E-state index in [0.29, 0.717) is 5.78 Å². The monoisotopic (exact) mass is 345 g/mol. The molecule has 0 aliphatic carbocycles. The highest BCUT2D eigenvalue weighted by atomic mass is 16.1. The maximum absolute atomic E-state index is 10.8. The van der Waals surface area contributed by atoms with Crippen molar-refractivity contribution in [2.24, 2.45) is 5.73 Å². The van der Waals surface area contributed by atoms with Gasteiger partial charge in [-0.05, 0) is 45.5 Å². The predicted octanol–water partition coefficient (Wildman–Crippen LogP) is 4.65. The molecule has 2 rings (SSSR count). The van der Waals surface area contributed by atoms with Gasteiger partial charge in [0.1, 0.15) is 5.78 Å². The number of hydrogen-bond donors (Lipinski definition) is 1. The summed E-state index contributed by atoms with van der Waals surface area (Å²) in [6.07, 6.45) is 1.80. The second-order valence-corrected chi connectivity index (χ2v) is 6.17. The van der Waals surface area contributed by atoms with Gasteiger partial charge in [-0.15, -0.1) is 0 Å². The van der Waals surface area contributed by atoms with E-state index in [1.54, 1.807) is 6.92 Å². The smallest absolute Gasteiger partial charge is 0.130 e. The molecule has 25 heavy (non-hydrogen) atoms. The quantitative estimate of drug-likeness (QED) is 0.742. The third kappa shape index (κ3) is 8.80. The third-order valence-electron chi connectivity index (χ3n) is 4.83. The third-order valence-corrected chi connectivity index (χ3v) is 4.83. The molecule has 0 saturated carbocycles. The molecule has 0 aliphatic heterocycles. The summed E-state index contributed by atoms with van der Waals surface area (Å²) in [5.41, 5.74) is 4.50. The number of quaternary nitrogens is 1. The Balaban J connectivity index is 0.000000426. The molecule has 0 bridgehead atoms. The van der Waals surface area contributed by atoms with E-state index in [9.17, 15) is 4.79 Å². The number of rotatable bonds is 7. The average Bonchev–Trinajstić information content (AvgIpc) is 2.68. The van der Waals surface area contributed by atoms with Crippen LogP contribution in [0.2, 0.25) is 0 Å². The van der Waals surface area contributed by atoms with Crippen molar-refractivity contribution in [1.29, 1.82) is 0 Å². The average molecular weight is 346 g/mol. The van der Waals surface area contributed by atoms with E-state index in [0.717, 1.165) is 23.9 Å². The lowest BCUT2D eigenvalue weighted by molar-refractivity contribution is -0.923. The summed E-state index contributed by atoms with van der Waals surface area (Å²) in [7, 11) is 1.50. The molecule has 0 aliphatic rings. The SMILES string of the molecule is CC[N+](CC)(CC)CCCC(C)=O.CN.c1ccc2ccccc2c1. The van der Waals surface area contributed by atoms with Gasteiger partial charge >= 0.3 is 0 Å². The number of hydrogen-bond acceptors (Lipinski definition) is 2. The number of Topliss-reactive ketones (excluding diaryl/α,β-unsaturated/α-hetero) is 1. The van der Waals surface area contributed by atoms with Gasteiger partial charge in [0.25, 0.3) is 0 Å². The van der Waals surface area contributed by atoms with Gasteiger partial charge in [0.05, 0.1) is 26.2 Å². The molecule has 0 spiro atoms. The number of fused-ring (bicyclic) bond motifs is 1. The van der Waals surface area contributed by atoms with E-state index < -0.39 is 0 Å². The van der Waals surface area contributed by atoms with E-state index in [4.69, 9.17) is 0 Å². The van der Waals surface area contributed by atoms with Gasteiger partial charge in [-0.25, -0.2) is 0 Å². The topological polar surface area (TPSA) is 43.1 Å². The van der Waals surface area contributed by atoms with Gasteiger partial charge < -0.3 is 15.0 Å². The zero-order valence-corrected chi connectivity index (χ0v) is 16.8. The minimum atomic E-state index is 0.321. The lowest BCUT2D eigenvalue weighted by Gasteiger charge is -2.35. The zero-order valence-electron chi connectivity index (χ0n) is 16.8. The molecule has 0 aromatic heterocycles. The van der Waals surface area contributed by atoms with Crippen molar-refractivity contribution < 1.29 is 9.28 Å². The molecule has 0 fully saturated rings. The van der Waals surface area contributed by atoms with E-state index in [2.05, 4.69) is 75.0 Å². The largest absolute Gasteiger partial charge is 0.333 e. The van der Waals surface area contributed by atoms with Crippen LogP contribution in [0.15, 0.2) is 48.5 Å². The summed E-state index contributed by atoms with van der Waals surface area (Å²) in [4.78, 5) is 10.8. The minimum Gasteiger partial charge on any atom is -0.333 e. The Labute approximate surface area is 154 Å². The Hall–Kier alpha value is -1.71. The Bertz CT molecular complexity index is 518. The molecular weight excluding hydrogens is 308 g/mol. The summed E-state index contributed by atoms with van der Waals surface area (Å²) in [6.45, 7) is 13.1. The lowest BCUT2D eigenvalue weighted by atomic mass is 10.1. The van der Waals surface area contributed by atoms with Crippen LogP contribution in [0, 0.1) is 0 Å². The highest BCUT2D eigenvalue weighted by Gasteiger charge is 2.19. The second kappa shape index (κ2) is 13.6. The van der Waals surface area contributed by atoms with Gasteiger partial charge in [-0.1, -0.05) is 48.5 Å². The number of carbonyl (C=O) groups is 1. The lowest BCUT2D eigenvalue weighted by Crippen LogP contribution is -2.48. The highest BCUT2D eigenvalue weighted by Crippen LogP contribution is 2.11. The first kappa shape index (κ1) is 23.3. The first-order valence-electron chi connectivity index (χ1n) is 9.43. The Morgan fingerprint density at radius 1 is 0.840 bits per heavy atom. The van der Waals surface area contributed by atoms with Crippen LogP contribution in [-0.2, 0) is 4.79 Å². The zero-order chi connectivity index (χ0) is 19.1. The van der Waals surface area contributed by atoms with Gasteiger partial charge in [0.2, 0.25) is 0 Å². The second-order valence-electron chi connectivity index (χ2n) is 6.17. The molecule has 0 saturated heterocycles. The van der Waals surface area contributed by atoms with E-state index in [1.807, 2.05) is 0 Å². The molecule has 3 nitrogen and oxygen atoms in total. The molecule has 2 aromatic carbocycles. The van der Waals surface area contributed by atoms with Crippen LogP contribution in [0.3, 0.4) is 0 Å². The maximum atomic E-state index is 10.8. The van der Waals surface area contributed by atoms with E-state index in [1.165, 1.54) is 37.5 Å². The number of benzene rings is 2. The van der Waals surface area contributed by atoms with Crippen LogP contribution in [0.1, 0.15) is 40.5 Å². The van der Waals surface area contributed by atoms with Crippen molar-refractivity contribution in [2.45, 2.75) is 40.5 Å². The molecule has 2 N–H and O–H groups in total. The highest BCUT2D eigenvalue weighted by molar-refractivity contribution is 5.82. The number of ketones is 1. The van der Waals surface area contributed by atoms with Crippen molar-refractivity contribution in [2.75, 3.05) is 33.2 Å². The Morgan fingerprint density at radius 3 is 1.48 bits per heavy atom. The van der Waals surface area contributed by atoms with Crippen molar-refractivity contribution in [1.82, 2.24) is 0 Å². The van der Waals surface area contributed by atoms with Crippen molar-refractivity contribution in [3.05, 3.63) is 48.5 Å². The number of nitrogens with zero attached hydrogens (tertiary/aromatic N) is 1. The van der Waals surface area contributed by atoms with E-state index in [-0.39, 0.29) is 0 Å². The summed E-state index contributed by atoms with van der Waals surface area (Å²) in [5.74, 6) is 0.321. The minimum absolute atomic E-state index is 0.321. The molecule has 2 aromatic rings. The summed E-state index contributed by atoms with van der Waals surface area (Å²) in [5, 5.41) is 2.62. The maximum Gasteiger partial charge on any atom is 0.130 e. The number of carbonyl (C=O) groups excluding carboxylic acids is 1. The Kier molecular flexibility index (Phi) is 12.6. The van der Waals surface area contributed by atoms with E-state index >= 15 is 0 Å². The van der Waals surface area contributed by atoms with Crippen molar-refractivity contribution in [3.8, 4) is 0 Å². The first-order valence-corrected chi connectivity index (χ1v) is 9.43. The molecule has 0 radical (unpaired) electrons. The van der Waals surface area contributed by atoms with Gasteiger partial charge in [0.15, 0.2) is 0 Å². The molecule has 0 atom stereocenters. The summed E-state index contributed by atoms with van der Waals surface area (Å²) in [6, 6.07) is 16.7. The fourth-order valence-electron chi connectivity index (χ4n) is 2.94. The van der Waals surface area contributed by atoms with Crippen LogP contribution in [0.25, 0.3) is 10.8 Å². The fourth-order valence-corrected chi connectivity index (χ4v) is 2.94. The molecular formula is C22H37N2O+. The molecule has 0 unspecified atom stereocenters. The summed E-state index contributed by atoms with van der Waals surface area (Å²) >= 11 is 0. The summed E-state index contributed by atoms with van der Waals surface area (Å²) < 4.78 is 1.16. The fraction of sp³-hybridized carbons (Fsp3) is 0.500. The van der Waals surface area contributed by atoms with Crippen LogP contribution < -0.4 is 5.73 Å². The van der Waals surface area contributed by atoms with Gasteiger partial charge in [-0.2, -0.15) is 0 Å². The van der Waals surface area contributed by atoms with Crippen molar-refractivity contribution in [3.63, 3.8) is 0 Å². The molecule has 140 valence electrons. The molecule has 3 heteroatoms. The van der Waals surface area contributed by atoms with Crippen LogP contribution in [0.4, 0.5) is 0 Å². The van der Waals surface area contributed by atoms with Crippen molar-refractivity contribution >= 4 is 16.6 Å². The van der Waals surface area contributed by atoms with Gasteiger partial charge in [0, 0.05) is 12.8 Å². The van der Waals surface area contributed by atoms with Gasteiger partial charge in [-0.3, -0.25) is 0 Å². The predicted molar refractivity (Wildman–Crippen MR) is 111 cm³/mol. The normalized spacial score (nSPS) is 10.3. The standard InChI is InChI=1S/C11H24NO.C10H8.CH5N/c1-5-12(6-2,7-3)10-8-9-11(4)13;1-2-6-10-8-4-3-7-9(10)5-1;1-2/h5-10H2,1-4H3;1-8H;2H2,1H3/q+1;;. The van der Waals surface area contributed by atoms with Crippen LogP contribution in [0.5, 0.6) is 0 Å². The Morgan fingerprint density at radius 2 is 1.20 bits per heavy atom. The van der Waals surface area contributed by atoms with Crippen LogP contribution in [-0.4, -0.2) is 43.5 Å². The molecule has 0 amide bonds. The molecule has 0 heterocycles.